The maximum Gasteiger partial charge on any atom is 0.169 e. The standard InChI is InChI=1S/C20H30N2.2HI/c1-3-5-7-13-21-15-9-19(10-16-21)20-11-17-22(18-12-20)14-8-6-4-2;;/h9-12,15-18H,3-8,13-14H2,1-2H3;2*1H/q+2;;/p-2. The van der Waals surface area contributed by atoms with Crippen molar-refractivity contribution in [1.82, 2.24) is 0 Å². The third-order valence-corrected chi connectivity index (χ3v) is 4.16. The molecule has 4 heteroatoms. The summed E-state index contributed by atoms with van der Waals surface area (Å²) in [6, 6.07) is 8.90. The Morgan fingerprint density at radius 1 is 0.583 bits per heavy atom. The van der Waals surface area contributed by atoms with E-state index >= 15 is 0 Å². The average Bonchev–Trinajstić information content (AvgIpc) is 2.57. The van der Waals surface area contributed by atoms with E-state index in [0.717, 1.165) is 13.1 Å². The third-order valence-electron chi connectivity index (χ3n) is 4.16. The smallest absolute Gasteiger partial charge is 0.169 e. The molecule has 0 saturated heterocycles. The molecule has 0 atom stereocenters. The molecule has 0 saturated carbocycles. The zero-order chi connectivity index (χ0) is 15.6. The van der Waals surface area contributed by atoms with Crippen LogP contribution in [0.4, 0.5) is 0 Å². The highest BCUT2D eigenvalue weighted by atomic mass is 127. The van der Waals surface area contributed by atoms with Crippen LogP contribution in [0.15, 0.2) is 49.1 Å². The minimum absolute atomic E-state index is 0. The predicted octanol–water partition coefficient (Wildman–Crippen LogP) is -1.68. The Hall–Kier alpha value is -0.240. The van der Waals surface area contributed by atoms with E-state index in [4.69, 9.17) is 0 Å². The number of halogens is 2. The second-order valence-corrected chi connectivity index (χ2v) is 6.06. The molecule has 0 aliphatic rings. The molecule has 134 valence electrons. The number of nitrogens with zero attached hydrogens (tertiary/aromatic N) is 2. The Morgan fingerprint density at radius 2 is 0.917 bits per heavy atom. The first-order valence-corrected chi connectivity index (χ1v) is 8.82. The first kappa shape index (κ1) is 23.8. The van der Waals surface area contributed by atoms with Gasteiger partial charge in [0.1, 0.15) is 13.1 Å². The molecule has 0 aromatic carbocycles. The van der Waals surface area contributed by atoms with Gasteiger partial charge in [0.05, 0.1) is 0 Å². The minimum atomic E-state index is 0. The number of pyridine rings is 2. The van der Waals surface area contributed by atoms with Gasteiger partial charge in [0.25, 0.3) is 0 Å². The van der Waals surface area contributed by atoms with Gasteiger partial charge in [-0.1, -0.05) is 26.7 Å². The van der Waals surface area contributed by atoms with Crippen molar-refractivity contribution in [2.45, 2.75) is 65.5 Å². The molecule has 2 nitrogen and oxygen atoms in total. The van der Waals surface area contributed by atoms with Gasteiger partial charge in [-0.25, -0.2) is 9.13 Å². The van der Waals surface area contributed by atoms with Gasteiger partial charge in [0.2, 0.25) is 0 Å². The number of aryl methyl sites for hydroxylation is 2. The van der Waals surface area contributed by atoms with Gasteiger partial charge < -0.3 is 48.0 Å². The normalized spacial score (nSPS) is 9.92. The maximum absolute atomic E-state index is 2.28. The molecule has 0 amide bonds. The van der Waals surface area contributed by atoms with Crippen LogP contribution in [0.1, 0.15) is 52.4 Å². The number of unbranched alkanes of at least 4 members (excludes halogenated alkanes) is 4. The highest BCUT2D eigenvalue weighted by Crippen LogP contribution is 2.15. The van der Waals surface area contributed by atoms with Crippen molar-refractivity contribution in [1.29, 1.82) is 0 Å². The van der Waals surface area contributed by atoms with E-state index in [1.54, 1.807) is 0 Å². The van der Waals surface area contributed by atoms with Crippen LogP contribution in [0.5, 0.6) is 0 Å². The molecule has 0 aliphatic carbocycles. The van der Waals surface area contributed by atoms with Crippen molar-refractivity contribution in [3.8, 4) is 11.1 Å². The van der Waals surface area contributed by atoms with Crippen molar-refractivity contribution in [3.05, 3.63) is 49.1 Å². The number of hydrogen-bond acceptors (Lipinski definition) is 0. The van der Waals surface area contributed by atoms with E-state index in [2.05, 4.69) is 72.0 Å². The zero-order valence-electron chi connectivity index (χ0n) is 14.9. The summed E-state index contributed by atoms with van der Waals surface area (Å²) in [4.78, 5) is 0. The lowest BCUT2D eigenvalue weighted by molar-refractivity contribution is -0.697. The highest BCUT2D eigenvalue weighted by molar-refractivity contribution is 5.60. The van der Waals surface area contributed by atoms with Crippen molar-refractivity contribution in [2.24, 2.45) is 0 Å². The minimum Gasteiger partial charge on any atom is -1.00 e. The molecule has 0 fully saturated rings. The van der Waals surface area contributed by atoms with Crippen LogP contribution in [0.2, 0.25) is 0 Å². The van der Waals surface area contributed by atoms with E-state index in [1.807, 2.05) is 0 Å². The highest BCUT2D eigenvalue weighted by Gasteiger charge is 2.05. The molecule has 0 aliphatic heterocycles. The molecule has 0 bridgehead atoms. The average molecular weight is 552 g/mol. The van der Waals surface area contributed by atoms with Crippen LogP contribution in [0, 0.1) is 0 Å². The van der Waals surface area contributed by atoms with E-state index in [0.29, 0.717) is 0 Å². The monoisotopic (exact) mass is 552 g/mol. The molecule has 24 heavy (non-hydrogen) atoms. The molecule has 0 unspecified atom stereocenters. The molecular weight excluding hydrogens is 522 g/mol. The van der Waals surface area contributed by atoms with Crippen molar-refractivity contribution >= 4 is 0 Å². The molecule has 0 spiro atoms. The predicted molar refractivity (Wildman–Crippen MR) is 91.3 cm³/mol. The number of hydrogen-bond donors (Lipinski definition) is 0. The Kier molecular flexibility index (Phi) is 13.8. The third kappa shape index (κ3) is 8.23. The topological polar surface area (TPSA) is 7.76 Å². The van der Waals surface area contributed by atoms with Gasteiger partial charge in [0.15, 0.2) is 24.8 Å². The second kappa shape index (κ2) is 14.0. The maximum atomic E-state index is 2.28. The second-order valence-electron chi connectivity index (χ2n) is 6.06. The van der Waals surface area contributed by atoms with E-state index < -0.39 is 0 Å². The molecule has 0 N–H and O–H groups in total. The van der Waals surface area contributed by atoms with Crippen LogP contribution in [0.3, 0.4) is 0 Å². The van der Waals surface area contributed by atoms with Crippen molar-refractivity contribution in [3.63, 3.8) is 0 Å². The molecule has 2 rings (SSSR count). The Labute approximate surface area is 181 Å². The quantitative estimate of drug-likeness (QED) is 0.200. The van der Waals surface area contributed by atoms with Gasteiger partial charge in [0, 0.05) is 37.1 Å². The summed E-state index contributed by atoms with van der Waals surface area (Å²) in [6.07, 6.45) is 16.5. The van der Waals surface area contributed by atoms with Gasteiger partial charge >= 0.3 is 0 Å². The lowest BCUT2D eigenvalue weighted by Crippen LogP contribution is -3.00. The van der Waals surface area contributed by atoms with Gasteiger partial charge in [-0.3, -0.25) is 0 Å². The van der Waals surface area contributed by atoms with Crippen molar-refractivity contribution < 1.29 is 57.1 Å². The van der Waals surface area contributed by atoms with Crippen molar-refractivity contribution in [2.75, 3.05) is 0 Å². The van der Waals surface area contributed by atoms with Crippen LogP contribution in [0.25, 0.3) is 11.1 Å². The Morgan fingerprint density at radius 3 is 1.21 bits per heavy atom. The summed E-state index contributed by atoms with van der Waals surface area (Å²) < 4.78 is 4.57. The Bertz CT molecular complexity index is 487. The van der Waals surface area contributed by atoms with E-state index in [9.17, 15) is 0 Å². The molecule has 2 aromatic heterocycles. The first-order valence-electron chi connectivity index (χ1n) is 8.82. The largest absolute Gasteiger partial charge is 1.00 e. The lowest BCUT2D eigenvalue weighted by atomic mass is 10.1. The SMILES string of the molecule is CCCCC[n+]1ccc(-c2cc[n+](CCCCC)cc2)cc1.[I-].[I-]. The fourth-order valence-corrected chi connectivity index (χ4v) is 2.69. The molecule has 2 aromatic rings. The fraction of sp³-hybridized carbons (Fsp3) is 0.500. The number of aromatic nitrogens is 2. The summed E-state index contributed by atoms with van der Waals surface area (Å²) in [5, 5.41) is 0. The number of rotatable bonds is 9. The summed E-state index contributed by atoms with van der Waals surface area (Å²) in [7, 11) is 0. The molecule has 2 heterocycles. The van der Waals surface area contributed by atoms with E-state index in [-0.39, 0.29) is 48.0 Å². The van der Waals surface area contributed by atoms with Crippen LogP contribution >= 0.6 is 0 Å². The first-order chi connectivity index (χ1) is 10.8. The lowest BCUT2D eigenvalue weighted by Gasteiger charge is -2.01. The summed E-state index contributed by atoms with van der Waals surface area (Å²) in [6.45, 7) is 6.75. The Balaban J connectivity index is 0.00000264. The van der Waals surface area contributed by atoms with Gasteiger partial charge in [-0.15, -0.1) is 0 Å². The van der Waals surface area contributed by atoms with Crippen LogP contribution < -0.4 is 57.1 Å². The summed E-state index contributed by atoms with van der Waals surface area (Å²) in [5.41, 5.74) is 2.60. The molecule has 0 radical (unpaired) electrons. The fourth-order valence-electron chi connectivity index (χ4n) is 2.69. The van der Waals surface area contributed by atoms with Gasteiger partial charge in [-0.05, 0) is 24.0 Å². The van der Waals surface area contributed by atoms with E-state index in [1.165, 1.54) is 49.7 Å². The molecular formula is C20H30I2N2. The van der Waals surface area contributed by atoms with Crippen LogP contribution in [-0.4, -0.2) is 0 Å². The van der Waals surface area contributed by atoms with Gasteiger partial charge in [-0.2, -0.15) is 0 Å². The summed E-state index contributed by atoms with van der Waals surface area (Å²) >= 11 is 0. The summed E-state index contributed by atoms with van der Waals surface area (Å²) in [5.74, 6) is 0. The zero-order valence-corrected chi connectivity index (χ0v) is 19.2. The van der Waals surface area contributed by atoms with Crippen LogP contribution in [-0.2, 0) is 13.1 Å².